The first-order chi connectivity index (χ1) is 15.0. The van der Waals surface area contributed by atoms with Gasteiger partial charge in [-0.2, -0.15) is 0 Å². The molecule has 0 aliphatic rings. The second-order valence-corrected chi connectivity index (χ2v) is 7.60. The number of methoxy groups -OCH3 is 1. The molecule has 2 aromatic carbocycles. The van der Waals surface area contributed by atoms with E-state index in [2.05, 4.69) is 5.32 Å². The number of benzene rings is 2. The van der Waals surface area contributed by atoms with E-state index in [0.717, 1.165) is 16.9 Å². The predicted molar refractivity (Wildman–Crippen MR) is 122 cm³/mol. The molecular weight excluding hydrogens is 392 g/mol. The normalized spacial score (nSPS) is 11.8. The van der Waals surface area contributed by atoms with Gasteiger partial charge in [0.1, 0.15) is 11.8 Å². The number of rotatable bonds is 12. The van der Waals surface area contributed by atoms with Gasteiger partial charge in [-0.1, -0.05) is 49.4 Å². The average molecular weight is 427 g/mol. The van der Waals surface area contributed by atoms with E-state index in [9.17, 15) is 9.59 Å². The first-order valence-electron chi connectivity index (χ1n) is 10.8. The van der Waals surface area contributed by atoms with Gasteiger partial charge in [-0.05, 0) is 43.5 Å². The molecular formula is C25H34N2O4. The highest BCUT2D eigenvalue weighted by molar-refractivity contribution is 5.88. The summed E-state index contributed by atoms with van der Waals surface area (Å²) in [6.07, 6.45) is 1.19. The minimum absolute atomic E-state index is 0.0806. The number of hydrogen-bond donors (Lipinski definition) is 1. The molecule has 0 radical (unpaired) electrons. The molecule has 0 bridgehead atoms. The molecule has 0 saturated carbocycles. The van der Waals surface area contributed by atoms with E-state index in [0.29, 0.717) is 32.5 Å². The SMILES string of the molecule is CCC(=O)N(Cc1ccc(OC)cc1)[C@H](C(=O)NCCCOC(C)C)c1ccccc1. The number of nitrogens with one attached hydrogen (secondary N) is 1. The number of ether oxygens (including phenoxy) is 2. The minimum atomic E-state index is -0.707. The summed E-state index contributed by atoms with van der Waals surface area (Å²) < 4.78 is 10.8. The molecule has 2 aromatic rings. The van der Waals surface area contributed by atoms with Crippen LogP contribution in [0.15, 0.2) is 54.6 Å². The third kappa shape index (κ3) is 7.72. The van der Waals surface area contributed by atoms with Crippen molar-refractivity contribution in [2.24, 2.45) is 0 Å². The molecule has 0 aromatic heterocycles. The van der Waals surface area contributed by atoms with E-state index < -0.39 is 6.04 Å². The topological polar surface area (TPSA) is 67.9 Å². The number of hydrogen-bond acceptors (Lipinski definition) is 4. The Bertz CT molecular complexity index is 806. The van der Waals surface area contributed by atoms with Crippen molar-refractivity contribution in [2.75, 3.05) is 20.3 Å². The van der Waals surface area contributed by atoms with Crippen LogP contribution < -0.4 is 10.1 Å². The molecule has 31 heavy (non-hydrogen) atoms. The standard InChI is InChI=1S/C25H34N2O4/c1-5-23(28)27(18-20-12-14-22(30-4)15-13-20)24(21-10-7-6-8-11-21)25(29)26-16-9-17-31-19(2)3/h6-8,10-15,19,24H,5,9,16-18H2,1-4H3,(H,26,29)/t24-/m0/s1. The van der Waals surface area contributed by atoms with Crippen LogP contribution in [0.25, 0.3) is 0 Å². The molecule has 1 N–H and O–H groups in total. The summed E-state index contributed by atoms with van der Waals surface area (Å²) in [5.74, 6) is 0.479. The summed E-state index contributed by atoms with van der Waals surface area (Å²) in [5, 5.41) is 2.99. The number of carbonyl (C=O) groups excluding carboxylic acids is 2. The van der Waals surface area contributed by atoms with Crippen molar-refractivity contribution < 1.29 is 19.1 Å². The van der Waals surface area contributed by atoms with Crippen LogP contribution in [0.3, 0.4) is 0 Å². The van der Waals surface area contributed by atoms with E-state index in [4.69, 9.17) is 9.47 Å². The Morgan fingerprint density at radius 3 is 2.29 bits per heavy atom. The molecule has 6 nitrogen and oxygen atoms in total. The number of nitrogens with zero attached hydrogens (tertiary/aromatic N) is 1. The predicted octanol–water partition coefficient (Wildman–Crippen LogP) is 4.11. The largest absolute Gasteiger partial charge is 0.497 e. The van der Waals surface area contributed by atoms with E-state index in [1.54, 1.807) is 12.0 Å². The van der Waals surface area contributed by atoms with Crippen LogP contribution in [0.4, 0.5) is 0 Å². The summed E-state index contributed by atoms with van der Waals surface area (Å²) in [5.41, 5.74) is 1.72. The molecule has 2 amide bonds. The van der Waals surface area contributed by atoms with Crippen LogP contribution in [0.1, 0.15) is 50.8 Å². The van der Waals surface area contributed by atoms with Crippen LogP contribution in [0.5, 0.6) is 5.75 Å². The second kappa shape index (κ2) is 12.7. The summed E-state index contributed by atoms with van der Waals surface area (Å²) in [6, 6.07) is 16.3. The van der Waals surface area contributed by atoms with Gasteiger partial charge in [0.15, 0.2) is 0 Å². The van der Waals surface area contributed by atoms with Gasteiger partial charge in [0.25, 0.3) is 0 Å². The second-order valence-electron chi connectivity index (χ2n) is 7.60. The summed E-state index contributed by atoms with van der Waals surface area (Å²) in [7, 11) is 1.61. The third-order valence-corrected chi connectivity index (χ3v) is 4.88. The Morgan fingerprint density at radius 1 is 1.03 bits per heavy atom. The van der Waals surface area contributed by atoms with Crippen LogP contribution in [-0.2, 0) is 20.9 Å². The van der Waals surface area contributed by atoms with Crippen LogP contribution in [0.2, 0.25) is 0 Å². The van der Waals surface area contributed by atoms with E-state index in [1.807, 2.05) is 75.4 Å². The fourth-order valence-electron chi connectivity index (χ4n) is 3.26. The summed E-state index contributed by atoms with van der Waals surface area (Å²) in [6.45, 7) is 7.19. The molecule has 0 aliphatic heterocycles. The Balaban J connectivity index is 2.22. The molecule has 0 fully saturated rings. The highest BCUT2D eigenvalue weighted by Crippen LogP contribution is 2.25. The molecule has 0 spiro atoms. The molecule has 0 aliphatic carbocycles. The fourth-order valence-corrected chi connectivity index (χ4v) is 3.26. The average Bonchev–Trinajstić information content (AvgIpc) is 2.78. The maximum Gasteiger partial charge on any atom is 0.247 e. The van der Waals surface area contributed by atoms with Gasteiger partial charge < -0.3 is 19.7 Å². The maximum absolute atomic E-state index is 13.2. The first kappa shape index (κ1) is 24.4. The van der Waals surface area contributed by atoms with Gasteiger partial charge in [-0.3, -0.25) is 9.59 Å². The van der Waals surface area contributed by atoms with Gasteiger partial charge in [-0.25, -0.2) is 0 Å². The van der Waals surface area contributed by atoms with Gasteiger partial charge >= 0.3 is 0 Å². The Hall–Kier alpha value is -2.86. The molecule has 6 heteroatoms. The van der Waals surface area contributed by atoms with Crippen LogP contribution in [0, 0.1) is 0 Å². The zero-order valence-electron chi connectivity index (χ0n) is 19.0. The fraction of sp³-hybridized carbons (Fsp3) is 0.440. The Morgan fingerprint density at radius 2 is 1.71 bits per heavy atom. The zero-order valence-corrected chi connectivity index (χ0v) is 19.0. The van der Waals surface area contributed by atoms with E-state index >= 15 is 0 Å². The highest BCUT2D eigenvalue weighted by atomic mass is 16.5. The van der Waals surface area contributed by atoms with E-state index in [1.165, 1.54) is 0 Å². The van der Waals surface area contributed by atoms with Crippen molar-refractivity contribution >= 4 is 11.8 Å². The number of amides is 2. The van der Waals surface area contributed by atoms with Crippen molar-refractivity contribution in [1.29, 1.82) is 0 Å². The van der Waals surface area contributed by atoms with Gasteiger partial charge in [0, 0.05) is 26.1 Å². The lowest BCUT2D eigenvalue weighted by atomic mass is 10.0. The third-order valence-electron chi connectivity index (χ3n) is 4.88. The van der Waals surface area contributed by atoms with Gasteiger partial charge in [-0.15, -0.1) is 0 Å². The maximum atomic E-state index is 13.2. The highest BCUT2D eigenvalue weighted by Gasteiger charge is 2.30. The lowest BCUT2D eigenvalue weighted by molar-refractivity contribution is -0.141. The number of carbonyl (C=O) groups is 2. The molecule has 168 valence electrons. The quantitative estimate of drug-likeness (QED) is 0.519. The molecule has 0 saturated heterocycles. The minimum Gasteiger partial charge on any atom is -0.497 e. The Labute approximate surface area is 185 Å². The molecule has 0 heterocycles. The molecule has 1 atom stereocenters. The first-order valence-corrected chi connectivity index (χ1v) is 10.8. The molecule has 2 rings (SSSR count). The zero-order chi connectivity index (χ0) is 22.6. The van der Waals surface area contributed by atoms with Crippen molar-refractivity contribution in [1.82, 2.24) is 10.2 Å². The smallest absolute Gasteiger partial charge is 0.247 e. The summed E-state index contributed by atoms with van der Waals surface area (Å²) >= 11 is 0. The van der Waals surface area contributed by atoms with Crippen molar-refractivity contribution in [2.45, 2.75) is 52.3 Å². The monoisotopic (exact) mass is 426 g/mol. The molecule has 0 unspecified atom stereocenters. The Kier molecular flexibility index (Phi) is 10.0. The van der Waals surface area contributed by atoms with Crippen LogP contribution in [-0.4, -0.2) is 43.1 Å². The van der Waals surface area contributed by atoms with Gasteiger partial charge in [0.2, 0.25) is 11.8 Å². The van der Waals surface area contributed by atoms with Gasteiger partial charge in [0.05, 0.1) is 13.2 Å². The van der Waals surface area contributed by atoms with Crippen molar-refractivity contribution in [3.63, 3.8) is 0 Å². The van der Waals surface area contributed by atoms with E-state index in [-0.39, 0.29) is 17.9 Å². The summed E-state index contributed by atoms with van der Waals surface area (Å²) in [4.78, 5) is 27.8. The lowest BCUT2D eigenvalue weighted by Crippen LogP contribution is -2.43. The van der Waals surface area contributed by atoms with Crippen molar-refractivity contribution in [3.05, 3.63) is 65.7 Å². The lowest BCUT2D eigenvalue weighted by Gasteiger charge is -2.31. The van der Waals surface area contributed by atoms with Crippen LogP contribution >= 0.6 is 0 Å². The van der Waals surface area contributed by atoms with Crippen molar-refractivity contribution in [3.8, 4) is 5.75 Å².